The number of carbonyl (C=O) groups is 2. The minimum absolute atomic E-state index is 0.00724. The number of allylic oxidation sites excluding steroid dienone is 1. The van der Waals surface area contributed by atoms with Gasteiger partial charge in [0.15, 0.2) is 12.4 Å². The lowest BCUT2D eigenvalue weighted by Crippen LogP contribution is -2.25. The maximum absolute atomic E-state index is 12.3. The Morgan fingerprint density at radius 1 is 1.24 bits per heavy atom. The number of fused-ring (bicyclic) bond motifs is 1. The molecule has 25 heavy (non-hydrogen) atoms. The molecule has 1 aliphatic rings. The maximum Gasteiger partial charge on any atom is 0.262 e. The van der Waals surface area contributed by atoms with Crippen LogP contribution in [-0.2, 0) is 4.79 Å². The Morgan fingerprint density at radius 3 is 2.80 bits per heavy atom. The predicted octanol–water partition coefficient (Wildman–Crippen LogP) is 3.48. The zero-order chi connectivity index (χ0) is 17.6. The average molecular weight is 335 g/mol. The Kier molecular flexibility index (Phi) is 4.95. The number of nitrogens with one attached hydrogen (secondary N) is 1. The molecule has 0 bridgehead atoms. The van der Waals surface area contributed by atoms with Gasteiger partial charge in [-0.05, 0) is 42.0 Å². The van der Waals surface area contributed by atoms with E-state index in [-0.39, 0.29) is 18.3 Å². The van der Waals surface area contributed by atoms with Crippen LogP contribution in [0, 0.1) is 0 Å². The summed E-state index contributed by atoms with van der Waals surface area (Å²) in [6.45, 7) is 4.04. The molecule has 0 aromatic heterocycles. The van der Waals surface area contributed by atoms with E-state index in [9.17, 15) is 9.59 Å². The topological polar surface area (TPSA) is 64.6 Å². The van der Waals surface area contributed by atoms with Crippen molar-refractivity contribution in [3.05, 3.63) is 72.3 Å². The first-order valence-corrected chi connectivity index (χ1v) is 7.78. The van der Waals surface area contributed by atoms with Crippen molar-refractivity contribution in [2.45, 2.75) is 0 Å². The quantitative estimate of drug-likeness (QED) is 0.499. The Labute approximate surface area is 145 Å². The Balaban J connectivity index is 1.69. The first-order valence-electron chi connectivity index (χ1n) is 7.78. The molecule has 3 rings (SSSR count). The fourth-order valence-electron chi connectivity index (χ4n) is 2.33. The van der Waals surface area contributed by atoms with Gasteiger partial charge in [-0.15, -0.1) is 0 Å². The van der Waals surface area contributed by atoms with Gasteiger partial charge < -0.3 is 14.8 Å². The molecule has 0 saturated heterocycles. The molecule has 5 heteroatoms. The highest BCUT2D eigenvalue weighted by molar-refractivity contribution is 6.08. The van der Waals surface area contributed by atoms with Crippen LogP contribution in [0.2, 0.25) is 0 Å². The van der Waals surface area contributed by atoms with Crippen LogP contribution >= 0.6 is 0 Å². The Bertz CT molecular complexity index is 837. The summed E-state index contributed by atoms with van der Waals surface area (Å²) in [6.07, 6.45) is 4.90. The van der Waals surface area contributed by atoms with Crippen LogP contribution < -0.4 is 14.8 Å². The molecule has 1 heterocycles. The van der Waals surface area contributed by atoms with Crippen molar-refractivity contribution >= 4 is 23.5 Å². The molecule has 126 valence electrons. The number of rotatable bonds is 6. The monoisotopic (exact) mass is 335 g/mol. The second-order valence-electron chi connectivity index (χ2n) is 5.41. The molecular formula is C20H17NO4. The standard InChI is InChI=1S/C20H17NO4/c1-2-11-24-16-7-3-14(4-8-16)5-9-18(22)15-6-10-19-17(12-15)21-20(23)13-25-19/h2-10,12H,1,11,13H2,(H,21,23)/b9-5+. The van der Waals surface area contributed by atoms with Gasteiger partial charge in [0.25, 0.3) is 5.91 Å². The van der Waals surface area contributed by atoms with E-state index >= 15 is 0 Å². The second kappa shape index (κ2) is 7.49. The number of hydrogen-bond acceptors (Lipinski definition) is 4. The normalized spacial score (nSPS) is 12.9. The van der Waals surface area contributed by atoms with E-state index in [0.29, 0.717) is 23.6 Å². The third-order valence-electron chi connectivity index (χ3n) is 3.57. The second-order valence-corrected chi connectivity index (χ2v) is 5.41. The summed E-state index contributed by atoms with van der Waals surface area (Å²) in [6, 6.07) is 12.4. The van der Waals surface area contributed by atoms with Gasteiger partial charge in [-0.25, -0.2) is 0 Å². The van der Waals surface area contributed by atoms with Gasteiger partial charge in [-0.1, -0.05) is 30.9 Å². The fraction of sp³-hybridized carbons (Fsp3) is 0.100. The zero-order valence-corrected chi connectivity index (χ0v) is 13.5. The molecule has 0 unspecified atom stereocenters. The lowest BCUT2D eigenvalue weighted by atomic mass is 10.1. The summed E-state index contributed by atoms with van der Waals surface area (Å²) >= 11 is 0. The number of ether oxygens (including phenoxy) is 2. The van der Waals surface area contributed by atoms with E-state index in [4.69, 9.17) is 9.47 Å². The largest absolute Gasteiger partial charge is 0.490 e. The molecule has 0 radical (unpaired) electrons. The van der Waals surface area contributed by atoms with Crippen LogP contribution in [0.4, 0.5) is 5.69 Å². The zero-order valence-electron chi connectivity index (χ0n) is 13.5. The molecular weight excluding hydrogens is 318 g/mol. The van der Waals surface area contributed by atoms with Gasteiger partial charge in [0.05, 0.1) is 5.69 Å². The number of anilines is 1. The number of carbonyl (C=O) groups excluding carboxylic acids is 2. The van der Waals surface area contributed by atoms with Gasteiger partial charge in [0, 0.05) is 5.56 Å². The Morgan fingerprint density at radius 2 is 2.04 bits per heavy atom. The van der Waals surface area contributed by atoms with Crippen LogP contribution in [0.15, 0.2) is 61.2 Å². The van der Waals surface area contributed by atoms with Gasteiger partial charge in [-0.3, -0.25) is 9.59 Å². The molecule has 0 aliphatic carbocycles. The molecule has 5 nitrogen and oxygen atoms in total. The lowest BCUT2D eigenvalue weighted by molar-refractivity contribution is -0.118. The SMILES string of the molecule is C=CCOc1ccc(/C=C/C(=O)c2ccc3c(c2)NC(=O)CO3)cc1. The van der Waals surface area contributed by atoms with E-state index < -0.39 is 0 Å². The van der Waals surface area contributed by atoms with Gasteiger partial charge in [0.1, 0.15) is 18.1 Å². The number of amides is 1. The predicted molar refractivity (Wildman–Crippen MR) is 96.1 cm³/mol. The number of hydrogen-bond donors (Lipinski definition) is 1. The van der Waals surface area contributed by atoms with Crippen molar-refractivity contribution in [3.63, 3.8) is 0 Å². The Hall–Kier alpha value is -3.34. The van der Waals surface area contributed by atoms with Gasteiger partial charge in [0.2, 0.25) is 0 Å². The van der Waals surface area contributed by atoms with Crippen molar-refractivity contribution in [2.75, 3.05) is 18.5 Å². The van der Waals surface area contributed by atoms with Crippen molar-refractivity contribution in [1.29, 1.82) is 0 Å². The molecule has 0 atom stereocenters. The van der Waals surface area contributed by atoms with Crippen molar-refractivity contribution in [2.24, 2.45) is 0 Å². The van der Waals surface area contributed by atoms with E-state index in [1.807, 2.05) is 24.3 Å². The van der Waals surface area contributed by atoms with Crippen LogP contribution in [0.1, 0.15) is 15.9 Å². The third kappa shape index (κ3) is 4.14. The molecule has 0 saturated carbocycles. The molecule has 0 spiro atoms. The summed E-state index contributed by atoms with van der Waals surface area (Å²) in [5.74, 6) is 0.921. The summed E-state index contributed by atoms with van der Waals surface area (Å²) in [5.41, 5.74) is 1.87. The molecule has 1 amide bonds. The molecule has 1 aliphatic heterocycles. The van der Waals surface area contributed by atoms with E-state index in [1.165, 1.54) is 6.08 Å². The highest BCUT2D eigenvalue weighted by Crippen LogP contribution is 2.28. The average Bonchev–Trinajstić information content (AvgIpc) is 2.64. The number of ketones is 1. The van der Waals surface area contributed by atoms with E-state index in [1.54, 1.807) is 30.4 Å². The fourth-order valence-corrected chi connectivity index (χ4v) is 2.33. The van der Waals surface area contributed by atoms with Crippen molar-refractivity contribution in [3.8, 4) is 11.5 Å². The molecule has 0 fully saturated rings. The summed E-state index contributed by atoms with van der Waals surface area (Å²) in [7, 11) is 0. The molecule has 1 N–H and O–H groups in total. The van der Waals surface area contributed by atoms with Crippen LogP contribution in [0.5, 0.6) is 11.5 Å². The smallest absolute Gasteiger partial charge is 0.262 e. The highest BCUT2D eigenvalue weighted by Gasteiger charge is 2.17. The summed E-state index contributed by atoms with van der Waals surface area (Å²) in [5, 5.41) is 2.69. The molecule has 2 aromatic carbocycles. The number of benzene rings is 2. The third-order valence-corrected chi connectivity index (χ3v) is 3.57. The van der Waals surface area contributed by atoms with Crippen LogP contribution in [0.3, 0.4) is 0 Å². The summed E-state index contributed by atoms with van der Waals surface area (Å²) < 4.78 is 10.7. The van der Waals surface area contributed by atoms with E-state index in [2.05, 4.69) is 11.9 Å². The minimum atomic E-state index is -0.230. The van der Waals surface area contributed by atoms with E-state index in [0.717, 1.165) is 11.3 Å². The van der Waals surface area contributed by atoms with Crippen molar-refractivity contribution < 1.29 is 19.1 Å². The van der Waals surface area contributed by atoms with Crippen LogP contribution in [-0.4, -0.2) is 24.9 Å². The maximum atomic E-state index is 12.3. The van der Waals surface area contributed by atoms with Gasteiger partial charge >= 0.3 is 0 Å². The minimum Gasteiger partial charge on any atom is -0.490 e. The lowest BCUT2D eigenvalue weighted by Gasteiger charge is -2.17. The van der Waals surface area contributed by atoms with Crippen LogP contribution in [0.25, 0.3) is 6.08 Å². The van der Waals surface area contributed by atoms with Crippen molar-refractivity contribution in [1.82, 2.24) is 0 Å². The summed E-state index contributed by atoms with van der Waals surface area (Å²) in [4.78, 5) is 23.7. The first-order chi connectivity index (χ1) is 12.2. The van der Waals surface area contributed by atoms with Gasteiger partial charge in [-0.2, -0.15) is 0 Å². The highest BCUT2D eigenvalue weighted by atomic mass is 16.5. The molecule has 2 aromatic rings. The first kappa shape index (κ1) is 16.5.